The fourth-order valence-corrected chi connectivity index (χ4v) is 3.15. The van der Waals surface area contributed by atoms with E-state index in [1.165, 1.54) is 0 Å². The third-order valence-corrected chi connectivity index (χ3v) is 4.42. The molecular weight excluding hydrogens is 310 g/mol. The highest BCUT2D eigenvalue weighted by Crippen LogP contribution is 2.27. The molecule has 2 aromatic heterocycles. The van der Waals surface area contributed by atoms with Gasteiger partial charge in [-0.2, -0.15) is 9.78 Å². The minimum absolute atomic E-state index is 0.652. The second-order valence-corrected chi connectivity index (χ2v) is 5.84. The average Bonchev–Trinajstić information content (AvgIpc) is 3.05. The smallest absolute Gasteiger partial charge is 0.212 e. The molecule has 0 bridgehead atoms. The lowest BCUT2D eigenvalue weighted by Crippen LogP contribution is -2.13. The molecule has 0 aliphatic carbocycles. The maximum Gasteiger partial charge on any atom is 0.212 e. The minimum Gasteiger partial charge on any atom is -0.497 e. The predicted molar refractivity (Wildman–Crippen MR) is 88.9 cm³/mol. The van der Waals surface area contributed by atoms with E-state index in [9.17, 15) is 0 Å². The Balaban J connectivity index is 1.75. The van der Waals surface area contributed by atoms with Crippen molar-refractivity contribution in [2.75, 3.05) is 12.9 Å². The molecule has 6 nitrogen and oxygen atoms in total. The molecule has 1 aromatic carbocycles. The van der Waals surface area contributed by atoms with Crippen molar-refractivity contribution < 1.29 is 4.74 Å². The van der Waals surface area contributed by atoms with E-state index in [1.807, 2.05) is 42.5 Å². The SMILES string of the molecule is COc1ccc(C2=Nn3c(nnc3-c3ccccn3)SC2)cc1. The zero-order valence-electron chi connectivity index (χ0n) is 12.4. The second-order valence-electron chi connectivity index (χ2n) is 4.90. The van der Waals surface area contributed by atoms with Gasteiger partial charge in [0.05, 0.1) is 12.8 Å². The first-order valence-electron chi connectivity index (χ1n) is 7.07. The van der Waals surface area contributed by atoms with Crippen LogP contribution in [0.25, 0.3) is 11.5 Å². The van der Waals surface area contributed by atoms with Crippen LogP contribution < -0.4 is 4.74 Å². The molecule has 0 amide bonds. The Bertz CT molecular complexity index is 858. The summed E-state index contributed by atoms with van der Waals surface area (Å²) in [6.45, 7) is 0. The largest absolute Gasteiger partial charge is 0.497 e. The van der Waals surface area contributed by atoms with Gasteiger partial charge in [-0.15, -0.1) is 10.2 Å². The van der Waals surface area contributed by atoms with Crippen LogP contribution in [0.1, 0.15) is 5.56 Å². The summed E-state index contributed by atoms with van der Waals surface area (Å²) in [6.07, 6.45) is 1.74. The van der Waals surface area contributed by atoms with Crippen molar-refractivity contribution >= 4 is 17.5 Å². The molecule has 1 aliphatic rings. The Morgan fingerprint density at radius 1 is 1.09 bits per heavy atom. The van der Waals surface area contributed by atoms with E-state index >= 15 is 0 Å². The minimum atomic E-state index is 0.652. The standard InChI is InChI=1S/C16H13N5OS/c1-22-12-7-5-11(6-8-12)14-10-23-16-19-18-15(21(16)20-14)13-4-2-3-9-17-13/h2-9H,10H2,1H3. The van der Waals surface area contributed by atoms with E-state index in [0.29, 0.717) is 5.82 Å². The predicted octanol–water partition coefficient (Wildman–Crippen LogP) is 2.71. The summed E-state index contributed by atoms with van der Waals surface area (Å²) in [4.78, 5) is 4.33. The molecule has 7 heteroatoms. The number of thioether (sulfide) groups is 1. The Morgan fingerprint density at radius 2 is 1.96 bits per heavy atom. The number of benzene rings is 1. The summed E-state index contributed by atoms with van der Waals surface area (Å²) in [5.74, 6) is 2.24. The Kier molecular flexibility index (Phi) is 3.55. The van der Waals surface area contributed by atoms with E-state index < -0.39 is 0 Å². The molecule has 0 saturated carbocycles. The highest BCUT2D eigenvalue weighted by atomic mass is 32.2. The molecule has 0 unspecified atom stereocenters. The van der Waals surface area contributed by atoms with Crippen LogP contribution in [-0.2, 0) is 0 Å². The molecule has 1 aliphatic heterocycles. The molecule has 3 aromatic rings. The van der Waals surface area contributed by atoms with E-state index in [-0.39, 0.29) is 0 Å². The summed E-state index contributed by atoms with van der Waals surface area (Å²) >= 11 is 1.62. The number of methoxy groups -OCH3 is 1. The van der Waals surface area contributed by atoms with Crippen molar-refractivity contribution in [3.8, 4) is 17.3 Å². The molecule has 0 radical (unpaired) electrons. The van der Waals surface area contributed by atoms with E-state index in [0.717, 1.165) is 33.6 Å². The summed E-state index contributed by atoms with van der Waals surface area (Å²) in [7, 11) is 1.66. The fourth-order valence-electron chi connectivity index (χ4n) is 2.31. The van der Waals surface area contributed by atoms with E-state index in [1.54, 1.807) is 29.7 Å². The van der Waals surface area contributed by atoms with Crippen LogP contribution in [0.2, 0.25) is 0 Å². The Morgan fingerprint density at radius 3 is 2.70 bits per heavy atom. The zero-order valence-corrected chi connectivity index (χ0v) is 13.2. The summed E-state index contributed by atoms with van der Waals surface area (Å²) < 4.78 is 6.96. The first kappa shape index (κ1) is 14.0. The van der Waals surface area contributed by atoms with Gasteiger partial charge >= 0.3 is 0 Å². The number of fused-ring (bicyclic) bond motifs is 1. The monoisotopic (exact) mass is 323 g/mol. The van der Waals surface area contributed by atoms with Crippen LogP contribution in [0.5, 0.6) is 5.75 Å². The van der Waals surface area contributed by atoms with Gasteiger partial charge in [0.1, 0.15) is 11.4 Å². The van der Waals surface area contributed by atoms with Crippen LogP contribution >= 0.6 is 11.8 Å². The highest BCUT2D eigenvalue weighted by molar-refractivity contribution is 7.99. The normalized spacial score (nSPS) is 13.3. The molecule has 0 atom stereocenters. The second kappa shape index (κ2) is 5.85. The van der Waals surface area contributed by atoms with Crippen LogP contribution in [0.15, 0.2) is 58.9 Å². The lowest BCUT2D eigenvalue weighted by atomic mass is 10.1. The van der Waals surface area contributed by atoms with Gasteiger partial charge in [-0.05, 0) is 42.0 Å². The number of rotatable bonds is 3. The van der Waals surface area contributed by atoms with Crippen molar-refractivity contribution in [2.45, 2.75) is 5.16 Å². The van der Waals surface area contributed by atoms with Crippen LogP contribution in [-0.4, -0.2) is 38.4 Å². The van der Waals surface area contributed by atoms with Gasteiger partial charge in [-0.3, -0.25) is 4.98 Å². The lowest BCUT2D eigenvalue weighted by Gasteiger charge is -2.14. The number of hydrogen-bond donors (Lipinski definition) is 0. The average molecular weight is 323 g/mol. The third-order valence-electron chi connectivity index (χ3n) is 3.49. The fraction of sp³-hybridized carbons (Fsp3) is 0.125. The summed E-state index contributed by atoms with van der Waals surface area (Å²) in [6, 6.07) is 13.6. The Labute approximate surface area is 137 Å². The molecule has 4 rings (SSSR count). The Hall–Kier alpha value is -2.67. The van der Waals surface area contributed by atoms with Gasteiger partial charge in [-0.25, -0.2) is 0 Å². The van der Waals surface area contributed by atoms with E-state index in [4.69, 9.17) is 9.84 Å². The van der Waals surface area contributed by atoms with Gasteiger partial charge in [0.15, 0.2) is 0 Å². The molecule has 0 saturated heterocycles. The number of nitrogens with zero attached hydrogens (tertiary/aromatic N) is 5. The topological polar surface area (TPSA) is 65.2 Å². The third kappa shape index (κ3) is 2.59. The van der Waals surface area contributed by atoms with Crippen molar-refractivity contribution in [2.24, 2.45) is 5.10 Å². The molecule has 3 heterocycles. The molecule has 0 fully saturated rings. The first-order valence-corrected chi connectivity index (χ1v) is 8.05. The number of aromatic nitrogens is 4. The van der Waals surface area contributed by atoms with E-state index in [2.05, 4.69) is 15.2 Å². The maximum atomic E-state index is 5.20. The van der Waals surface area contributed by atoms with Gasteiger partial charge in [0, 0.05) is 11.9 Å². The summed E-state index contributed by atoms with van der Waals surface area (Å²) in [5, 5.41) is 13.9. The van der Waals surface area contributed by atoms with Gasteiger partial charge in [0.2, 0.25) is 11.0 Å². The van der Waals surface area contributed by atoms with Crippen molar-refractivity contribution in [3.63, 3.8) is 0 Å². The van der Waals surface area contributed by atoms with Crippen molar-refractivity contribution in [1.82, 2.24) is 19.9 Å². The van der Waals surface area contributed by atoms with Gasteiger partial charge in [-0.1, -0.05) is 17.8 Å². The highest BCUT2D eigenvalue weighted by Gasteiger charge is 2.21. The number of pyridine rings is 1. The lowest BCUT2D eigenvalue weighted by molar-refractivity contribution is 0.415. The number of ether oxygens (including phenoxy) is 1. The zero-order chi connectivity index (χ0) is 15.6. The molecule has 0 spiro atoms. The maximum absolute atomic E-state index is 5.20. The molecule has 0 N–H and O–H groups in total. The van der Waals surface area contributed by atoms with Crippen LogP contribution in [0, 0.1) is 0 Å². The van der Waals surface area contributed by atoms with Crippen molar-refractivity contribution in [1.29, 1.82) is 0 Å². The summed E-state index contributed by atoms with van der Waals surface area (Å²) in [5.41, 5.74) is 2.79. The quantitative estimate of drug-likeness (QED) is 0.741. The van der Waals surface area contributed by atoms with Crippen LogP contribution in [0.4, 0.5) is 0 Å². The van der Waals surface area contributed by atoms with Gasteiger partial charge < -0.3 is 4.74 Å². The van der Waals surface area contributed by atoms with Gasteiger partial charge in [0.25, 0.3) is 0 Å². The van der Waals surface area contributed by atoms with Crippen molar-refractivity contribution in [3.05, 3.63) is 54.2 Å². The number of hydrogen-bond acceptors (Lipinski definition) is 6. The molecule has 23 heavy (non-hydrogen) atoms. The molecular formula is C16H13N5OS. The first-order chi connectivity index (χ1) is 11.3. The molecule has 114 valence electrons. The van der Waals surface area contributed by atoms with Crippen LogP contribution in [0.3, 0.4) is 0 Å².